The minimum Gasteiger partial charge on any atom is -0.355 e. The average Bonchev–Trinajstić information content (AvgIpc) is 2.63. The molecule has 0 aliphatic rings. The lowest BCUT2D eigenvalue weighted by Crippen LogP contribution is -2.18. The molecule has 0 radical (unpaired) electrons. The smallest absolute Gasteiger partial charge is 0.253 e. The number of carbonyl (C=O) groups is 1. The first kappa shape index (κ1) is 7.72. The van der Waals surface area contributed by atoms with Gasteiger partial charge in [0, 0.05) is 13.2 Å². The number of H-pyrrole nitrogens is 1. The van der Waals surface area contributed by atoms with Crippen LogP contribution in [0.4, 0.5) is 0 Å². The molecule has 66 valence electrons. The van der Waals surface area contributed by atoms with E-state index in [1.165, 1.54) is 6.33 Å². The van der Waals surface area contributed by atoms with Crippen molar-refractivity contribution in [1.82, 2.24) is 20.3 Å². The number of amides is 1. The first-order valence-corrected chi connectivity index (χ1v) is 3.83. The van der Waals surface area contributed by atoms with Crippen LogP contribution in [0.5, 0.6) is 0 Å². The zero-order valence-corrected chi connectivity index (χ0v) is 7.03. The number of rotatable bonds is 1. The fourth-order valence-corrected chi connectivity index (χ4v) is 1.17. The Kier molecular flexibility index (Phi) is 1.70. The van der Waals surface area contributed by atoms with Gasteiger partial charge in [-0.2, -0.15) is 0 Å². The Morgan fingerprint density at radius 1 is 1.54 bits per heavy atom. The van der Waals surface area contributed by atoms with Crippen molar-refractivity contribution in [3.63, 3.8) is 0 Å². The van der Waals surface area contributed by atoms with Crippen molar-refractivity contribution >= 4 is 17.1 Å². The van der Waals surface area contributed by atoms with Crippen molar-refractivity contribution in [2.75, 3.05) is 7.05 Å². The van der Waals surface area contributed by atoms with Gasteiger partial charge < -0.3 is 10.3 Å². The summed E-state index contributed by atoms with van der Waals surface area (Å²) in [5.74, 6) is -0.142. The number of imidazole rings is 1. The Hall–Kier alpha value is -1.91. The number of pyridine rings is 1. The lowest BCUT2D eigenvalue weighted by molar-refractivity contribution is 0.0964. The van der Waals surface area contributed by atoms with Crippen LogP contribution in [0.1, 0.15) is 10.4 Å². The number of aromatic nitrogens is 3. The molecule has 0 fully saturated rings. The number of aromatic amines is 1. The predicted molar refractivity (Wildman–Crippen MR) is 47.3 cm³/mol. The highest BCUT2D eigenvalue weighted by Gasteiger charge is 2.09. The third-order valence-electron chi connectivity index (χ3n) is 1.80. The van der Waals surface area contributed by atoms with Crippen molar-refractivity contribution < 1.29 is 4.79 Å². The van der Waals surface area contributed by atoms with Gasteiger partial charge in [0.2, 0.25) is 0 Å². The summed E-state index contributed by atoms with van der Waals surface area (Å²) in [4.78, 5) is 22.2. The summed E-state index contributed by atoms with van der Waals surface area (Å²) >= 11 is 0. The van der Waals surface area contributed by atoms with E-state index in [0.29, 0.717) is 16.7 Å². The molecule has 2 heterocycles. The molecule has 5 heteroatoms. The molecule has 0 atom stereocenters. The minimum atomic E-state index is -0.142. The normalized spacial score (nSPS) is 10.2. The van der Waals surface area contributed by atoms with Crippen LogP contribution in [0.3, 0.4) is 0 Å². The fraction of sp³-hybridized carbons (Fsp3) is 0.125. The highest BCUT2D eigenvalue weighted by Crippen LogP contribution is 2.11. The highest BCUT2D eigenvalue weighted by atomic mass is 16.1. The number of carbonyl (C=O) groups excluding carboxylic acids is 1. The quantitative estimate of drug-likeness (QED) is 0.657. The van der Waals surface area contributed by atoms with E-state index in [0.717, 1.165) is 0 Å². The van der Waals surface area contributed by atoms with Crippen molar-refractivity contribution in [3.05, 3.63) is 24.2 Å². The van der Waals surface area contributed by atoms with Crippen molar-refractivity contribution in [2.24, 2.45) is 0 Å². The van der Waals surface area contributed by atoms with Gasteiger partial charge >= 0.3 is 0 Å². The molecule has 5 nitrogen and oxygen atoms in total. The van der Waals surface area contributed by atoms with Crippen LogP contribution in [0.15, 0.2) is 18.6 Å². The molecule has 2 aromatic heterocycles. The number of nitrogens with one attached hydrogen (secondary N) is 2. The lowest BCUT2D eigenvalue weighted by atomic mass is 10.2. The van der Waals surface area contributed by atoms with Crippen molar-refractivity contribution in [3.8, 4) is 0 Å². The summed E-state index contributed by atoms with van der Waals surface area (Å²) < 4.78 is 0. The maximum Gasteiger partial charge on any atom is 0.253 e. The van der Waals surface area contributed by atoms with Crippen molar-refractivity contribution in [1.29, 1.82) is 0 Å². The Bertz CT molecular complexity index is 448. The highest BCUT2D eigenvalue weighted by molar-refractivity contribution is 6.03. The fourth-order valence-electron chi connectivity index (χ4n) is 1.17. The molecular weight excluding hydrogens is 168 g/mol. The third-order valence-corrected chi connectivity index (χ3v) is 1.80. The summed E-state index contributed by atoms with van der Waals surface area (Å²) in [6.45, 7) is 0. The van der Waals surface area contributed by atoms with E-state index in [4.69, 9.17) is 0 Å². The van der Waals surface area contributed by atoms with E-state index in [1.807, 2.05) is 0 Å². The Morgan fingerprint density at radius 3 is 3.15 bits per heavy atom. The topological polar surface area (TPSA) is 70.7 Å². The van der Waals surface area contributed by atoms with E-state index in [2.05, 4.69) is 20.3 Å². The van der Waals surface area contributed by atoms with Crippen LogP contribution in [0, 0.1) is 0 Å². The molecule has 0 aromatic carbocycles. The van der Waals surface area contributed by atoms with Crippen molar-refractivity contribution in [2.45, 2.75) is 0 Å². The van der Waals surface area contributed by atoms with Crippen LogP contribution in [0.25, 0.3) is 11.2 Å². The Labute approximate surface area is 74.2 Å². The van der Waals surface area contributed by atoms with Gasteiger partial charge in [-0.25, -0.2) is 9.97 Å². The van der Waals surface area contributed by atoms with Gasteiger partial charge in [-0.15, -0.1) is 0 Å². The first-order chi connectivity index (χ1) is 6.33. The van der Waals surface area contributed by atoms with E-state index in [9.17, 15) is 4.79 Å². The molecule has 1 amide bonds. The van der Waals surface area contributed by atoms with Crippen LogP contribution >= 0.6 is 0 Å². The monoisotopic (exact) mass is 176 g/mol. The lowest BCUT2D eigenvalue weighted by Gasteiger charge is -1.98. The number of nitrogens with zero attached hydrogens (tertiary/aromatic N) is 2. The maximum atomic E-state index is 11.3. The molecule has 2 N–H and O–H groups in total. The van der Waals surface area contributed by atoms with E-state index < -0.39 is 0 Å². The Balaban J connectivity index is 2.67. The van der Waals surface area contributed by atoms with E-state index >= 15 is 0 Å². The van der Waals surface area contributed by atoms with Gasteiger partial charge in [0.05, 0.1) is 17.4 Å². The standard InChI is InChI=1S/C8H8N4O/c1-9-8(13)5-2-3-10-7-6(5)11-4-12-7/h2-4H,1H3,(H,9,13)(H,10,11,12). The van der Waals surface area contributed by atoms with Crippen LogP contribution in [-0.4, -0.2) is 27.9 Å². The van der Waals surface area contributed by atoms with Crippen LogP contribution in [0.2, 0.25) is 0 Å². The average molecular weight is 176 g/mol. The molecule has 0 spiro atoms. The third kappa shape index (κ3) is 1.14. The number of hydrogen-bond acceptors (Lipinski definition) is 3. The summed E-state index contributed by atoms with van der Waals surface area (Å²) in [6.07, 6.45) is 3.08. The van der Waals surface area contributed by atoms with Gasteiger partial charge in [0.25, 0.3) is 5.91 Å². The summed E-state index contributed by atoms with van der Waals surface area (Å²) in [6, 6.07) is 1.65. The molecule has 0 saturated carbocycles. The number of fused-ring (bicyclic) bond motifs is 1. The number of hydrogen-bond donors (Lipinski definition) is 2. The molecule has 0 aliphatic heterocycles. The Morgan fingerprint density at radius 2 is 2.38 bits per heavy atom. The molecule has 0 aliphatic carbocycles. The maximum absolute atomic E-state index is 11.3. The SMILES string of the molecule is CNC(=O)c1ccnc2nc[nH]c12. The largest absolute Gasteiger partial charge is 0.355 e. The molecular formula is C8H8N4O. The van der Waals surface area contributed by atoms with Gasteiger partial charge in [-0.05, 0) is 6.07 Å². The zero-order chi connectivity index (χ0) is 9.26. The summed E-state index contributed by atoms with van der Waals surface area (Å²) in [7, 11) is 1.59. The van der Waals surface area contributed by atoms with Crippen LogP contribution in [-0.2, 0) is 0 Å². The summed E-state index contributed by atoms with van der Waals surface area (Å²) in [5, 5.41) is 2.55. The van der Waals surface area contributed by atoms with E-state index in [-0.39, 0.29) is 5.91 Å². The molecule has 2 aromatic rings. The first-order valence-electron chi connectivity index (χ1n) is 3.83. The summed E-state index contributed by atoms with van der Waals surface area (Å²) in [5.41, 5.74) is 1.79. The second-order valence-electron chi connectivity index (χ2n) is 2.54. The molecule has 13 heavy (non-hydrogen) atoms. The predicted octanol–water partition coefficient (Wildman–Crippen LogP) is 0.318. The van der Waals surface area contributed by atoms with Gasteiger partial charge in [-0.3, -0.25) is 4.79 Å². The molecule has 2 rings (SSSR count). The molecule has 0 bridgehead atoms. The van der Waals surface area contributed by atoms with Gasteiger partial charge in [-0.1, -0.05) is 0 Å². The second-order valence-corrected chi connectivity index (χ2v) is 2.54. The second kappa shape index (κ2) is 2.85. The van der Waals surface area contributed by atoms with Gasteiger partial charge in [0.15, 0.2) is 5.65 Å². The van der Waals surface area contributed by atoms with Gasteiger partial charge in [0.1, 0.15) is 0 Å². The van der Waals surface area contributed by atoms with E-state index in [1.54, 1.807) is 19.3 Å². The minimum absolute atomic E-state index is 0.142. The molecule has 0 saturated heterocycles. The van der Waals surface area contributed by atoms with Crippen LogP contribution < -0.4 is 5.32 Å². The zero-order valence-electron chi connectivity index (χ0n) is 7.03. The molecule has 0 unspecified atom stereocenters.